The highest BCUT2D eigenvalue weighted by Gasteiger charge is 2.48. The summed E-state index contributed by atoms with van der Waals surface area (Å²) in [7, 11) is 6.30. The Balaban J connectivity index is 0.000000162. The van der Waals surface area contributed by atoms with Crippen LogP contribution in [-0.4, -0.2) is 90.6 Å². The number of ether oxygens (including phenoxy) is 4. The first-order valence-corrected chi connectivity index (χ1v) is 23.2. The van der Waals surface area contributed by atoms with Crippen LogP contribution in [0.25, 0.3) is 5.95 Å². The number of fused-ring (bicyclic) bond motifs is 2. The zero-order valence-corrected chi connectivity index (χ0v) is 42.0. The third kappa shape index (κ3) is 10.8. The number of methoxy groups -OCH3 is 4. The molecule has 0 saturated heterocycles. The van der Waals surface area contributed by atoms with Gasteiger partial charge in [-0.3, -0.25) is 24.5 Å². The van der Waals surface area contributed by atoms with E-state index >= 15 is 0 Å². The fourth-order valence-corrected chi connectivity index (χ4v) is 8.25. The number of carbonyl (C=O) groups excluding carboxylic acids is 2. The number of aromatic nitrogens is 10. The molecule has 73 heavy (non-hydrogen) atoms. The van der Waals surface area contributed by atoms with Crippen molar-refractivity contribution in [1.29, 1.82) is 0 Å². The molecule has 0 unspecified atom stereocenters. The van der Waals surface area contributed by atoms with E-state index in [-0.39, 0.29) is 41.1 Å². The quantitative estimate of drug-likeness (QED) is 0.116. The van der Waals surface area contributed by atoms with Gasteiger partial charge in [-0.15, -0.1) is 20.4 Å². The highest BCUT2D eigenvalue weighted by molar-refractivity contribution is 6.28. The number of hydrogen-bond donors (Lipinski definition) is 1. The van der Waals surface area contributed by atoms with Crippen molar-refractivity contribution in [2.75, 3.05) is 38.2 Å². The van der Waals surface area contributed by atoms with E-state index in [0.29, 0.717) is 70.9 Å². The maximum Gasteiger partial charge on any atom is 0.272 e. The molecule has 8 aromatic rings. The van der Waals surface area contributed by atoms with Crippen molar-refractivity contribution < 1.29 is 37.3 Å². The van der Waals surface area contributed by atoms with Gasteiger partial charge in [0.2, 0.25) is 17.1 Å². The number of rotatable bonds is 13. The minimum atomic E-state index is -0.877. The minimum Gasteiger partial charge on any atom is -0.497 e. The third-order valence-corrected chi connectivity index (χ3v) is 12.4. The summed E-state index contributed by atoms with van der Waals surface area (Å²) in [4.78, 5) is 38.0. The number of amides is 2. The van der Waals surface area contributed by atoms with Crippen LogP contribution in [-0.2, 0) is 46.4 Å². The lowest BCUT2D eigenvalue weighted by Crippen LogP contribution is -2.36. The van der Waals surface area contributed by atoms with Crippen LogP contribution in [0.3, 0.4) is 0 Å². The maximum atomic E-state index is 14.2. The topological polar surface area (TPSA) is 201 Å². The smallest absolute Gasteiger partial charge is 0.272 e. The summed E-state index contributed by atoms with van der Waals surface area (Å²) in [6, 6.07) is 28.2. The van der Waals surface area contributed by atoms with Crippen molar-refractivity contribution in [1.82, 2.24) is 50.3 Å². The first-order valence-electron chi connectivity index (χ1n) is 22.8. The molecule has 18 nitrogen and oxygen atoms in total. The van der Waals surface area contributed by atoms with Crippen molar-refractivity contribution >= 4 is 35.1 Å². The van der Waals surface area contributed by atoms with Crippen molar-refractivity contribution in [2.45, 2.75) is 64.5 Å². The van der Waals surface area contributed by atoms with Crippen molar-refractivity contribution in [2.24, 2.45) is 0 Å². The molecule has 2 aliphatic rings. The van der Waals surface area contributed by atoms with Crippen LogP contribution in [0.5, 0.6) is 23.0 Å². The van der Waals surface area contributed by atoms with Crippen molar-refractivity contribution in [3.63, 3.8) is 0 Å². The normalized spacial score (nSPS) is 13.8. The summed E-state index contributed by atoms with van der Waals surface area (Å²) in [6.45, 7) is 7.95. The largest absolute Gasteiger partial charge is 0.497 e. The van der Waals surface area contributed by atoms with Gasteiger partial charge in [0.15, 0.2) is 23.1 Å². The summed E-state index contributed by atoms with van der Waals surface area (Å²) in [6.07, 6.45) is 3.89. The second-order valence-electron chi connectivity index (χ2n) is 17.8. The molecular formula is C52H51ClF2N12O6. The fraction of sp³-hybridized carbons (Fsp3) is 0.269. The minimum absolute atomic E-state index is 0.0315. The number of carbonyl (C=O) groups is 2. The van der Waals surface area contributed by atoms with Crippen LogP contribution >= 0.6 is 11.6 Å². The summed E-state index contributed by atoms with van der Waals surface area (Å²) < 4.78 is 49.9. The SMILES string of the molecule is COc1ccc(CN2C(=O)C(C)(C)c3nnc(-n4cc(OC)c(Cc5ccccc5F)n4)nc32)cc1.COc1ccc(CN2C(=O)C(C)(C)c3nnc(Cl)nc32)cc1.COc1cn[nH]c1Cc1ccccc1F. The van der Waals surface area contributed by atoms with Gasteiger partial charge in [0.05, 0.1) is 70.4 Å². The lowest BCUT2D eigenvalue weighted by atomic mass is 9.91. The van der Waals surface area contributed by atoms with E-state index in [0.717, 1.165) is 28.3 Å². The average molecular weight is 1010 g/mol. The molecule has 0 aliphatic carbocycles. The number of benzene rings is 4. The summed E-state index contributed by atoms with van der Waals surface area (Å²) >= 11 is 5.83. The van der Waals surface area contributed by atoms with Crippen molar-refractivity contribution in [3.8, 4) is 28.9 Å². The molecule has 2 aliphatic heterocycles. The fourth-order valence-electron chi connectivity index (χ4n) is 8.13. The number of anilines is 2. The lowest BCUT2D eigenvalue weighted by molar-refractivity contribution is -0.123. The first-order chi connectivity index (χ1) is 35.0. The number of H-pyrrole nitrogens is 1. The van der Waals surface area contributed by atoms with Crippen LogP contribution in [0.2, 0.25) is 5.28 Å². The molecule has 10 rings (SSSR count). The Morgan fingerprint density at radius 3 is 1.60 bits per heavy atom. The summed E-state index contributed by atoms with van der Waals surface area (Å²) in [5, 5.41) is 27.6. The number of aromatic amines is 1. The molecule has 0 saturated carbocycles. The Labute approximate surface area is 424 Å². The van der Waals surface area contributed by atoms with Gasteiger partial charge in [0, 0.05) is 12.8 Å². The van der Waals surface area contributed by atoms with Gasteiger partial charge in [-0.25, -0.2) is 13.5 Å². The average Bonchev–Trinajstić information content (AvgIpc) is 4.12. The highest BCUT2D eigenvalue weighted by Crippen LogP contribution is 2.41. The first kappa shape index (κ1) is 51.0. The number of hydrogen-bond acceptors (Lipinski definition) is 14. The van der Waals surface area contributed by atoms with E-state index in [2.05, 4.69) is 45.7 Å². The van der Waals surface area contributed by atoms with Gasteiger partial charge < -0.3 is 18.9 Å². The zero-order chi connectivity index (χ0) is 52.0. The molecule has 0 fully saturated rings. The zero-order valence-electron chi connectivity index (χ0n) is 41.2. The predicted octanol–water partition coefficient (Wildman–Crippen LogP) is 8.14. The van der Waals surface area contributed by atoms with Gasteiger partial charge in [-0.2, -0.15) is 20.2 Å². The van der Waals surface area contributed by atoms with E-state index in [1.54, 1.807) is 79.9 Å². The maximum absolute atomic E-state index is 14.2. The summed E-state index contributed by atoms with van der Waals surface area (Å²) in [5.74, 6) is 2.98. The lowest BCUT2D eigenvalue weighted by Gasteiger charge is -2.19. The molecule has 6 heterocycles. The van der Waals surface area contributed by atoms with Crippen LogP contribution in [0.15, 0.2) is 109 Å². The second kappa shape index (κ2) is 21.5. The molecule has 0 spiro atoms. The number of halogens is 3. The Morgan fingerprint density at radius 2 is 1.10 bits per heavy atom. The van der Waals surface area contributed by atoms with Gasteiger partial charge in [-0.05, 0) is 97.9 Å². The molecular weight excluding hydrogens is 962 g/mol. The van der Waals surface area contributed by atoms with Crippen LogP contribution in [0.1, 0.15) is 72.7 Å². The molecule has 4 aromatic heterocycles. The van der Waals surface area contributed by atoms with E-state index in [4.69, 9.17) is 30.5 Å². The Kier molecular flexibility index (Phi) is 15.0. The Morgan fingerprint density at radius 1 is 0.603 bits per heavy atom. The molecule has 1 N–H and O–H groups in total. The van der Waals surface area contributed by atoms with Gasteiger partial charge in [0.1, 0.15) is 40.2 Å². The van der Waals surface area contributed by atoms with Crippen LogP contribution in [0, 0.1) is 11.6 Å². The van der Waals surface area contributed by atoms with Gasteiger partial charge in [-0.1, -0.05) is 60.7 Å². The molecule has 0 radical (unpaired) electrons. The summed E-state index contributed by atoms with van der Waals surface area (Å²) in [5.41, 5.74) is 3.72. The third-order valence-electron chi connectivity index (χ3n) is 12.3. The Hall–Kier alpha value is -8.39. The van der Waals surface area contributed by atoms with Crippen LogP contribution in [0.4, 0.5) is 20.4 Å². The Bertz CT molecular complexity index is 3260. The van der Waals surface area contributed by atoms with Gasteiger partial charge >= 0.3 is 0 Å². The molecule has 0 atom stereocenters. The number of nitrogens with one attached hydrogen (secondary N) is 1. The van der Waals surface area contributed by atoms with E-state index < -0.39 is 10.8 Å². The molecule has 4 aromatic carbocycles. The van der Waals surface area contributed by atoms with E-state index in [9.17, 15) is 18.4 Å². The highest BCUT2D eigenvalue weighted by atomic mass is 35.5. The van der Waals surface area contributed by atoms with E-state index in [1.165, 1.54) is 23.9 Å². The standard InChI is InChI=1S/C26H25FN6O3.C15H15ClN4O2.C11H11FN2O/c1-26(2)22-23(32(24(26)34)14-16-9-11-18(35-3)12-10-16)28-25(30-29-22)33-15-21(36-4)20(31-33)13-17-7-5-6-8-19(17)27;1-15(2)11-12(17-14(16)19-18-11)20(13(15)21)8-9-4-6-10(22-3)7-5-9;1-15-11-7-13-14-10(11)6-8-4-2-3-5-9(8)12/h5-12,15H,13-14H2,1-4H3;4-7H,8H2,1-3H3;2-5,7H,6H2,1H3,(H,13,14). The van der Waals surface area contributed by atoms with Crippen molar-refractivity contribution in [3.05, 3.63) is 171 Å². The molecule has 2 amide bonds. The molecule has 0 bridgehead atoms. The molecule has 376 valence electrons. The molecule has 21 heteroatoms. The predicted molar refractivity (Wildman–Crippen MR) is 266 cm³/mol. The second-order valence-corrected chi connectivity index (χ2v) is 18.1. The van der Waals surface area contributed by atoms with Crippen LogP contribution < -0.4 is 28.7 Å². The number of nitrogens with zero attached hydrogens (tertiary/aromatic N) is 11. The van der Waals surface area contributed by atoms with E-state index in [1.807, 2.05) is 76.2 Å². The monoisotopic (exact) mass is 1010 g/mol. The van der Waals surface area contributed by atoms with Gasteiger partial charge in [0.25, 0.3) is 5.95 Å².